The van der Waals surface area contributed by atoms with Gasteiger partial charge in [0.2, 0.25) is 5.91 Å². The van der Waals surface area contributed by atoms with Crippen LogP contribution in [0, 0.1) is 12.8 Å². The molecule has 5 rings (SSSR count). The molecule has 2 amide bonds. The first-order chi connectivity index (χ1) is 21.8. The van der Waals surface area contributed by atoms with Gasteiger partial charge in [-0.1, -0.05) is 78.9 Å². The number of aromatic amines is 1. The number of benzene rings is 3. The van der Waals surface area contributed by atoms with Gasteiger partial charge in [0.15, 0.2) is 11.6 Å². The summed E-state index contributed by atoms with van der Waals surface area (Å²) in [5, 5.41) is 6.50. The maximum atomic E-state index is 14.0. The molecule has 2 heterocycles. The van der Waals surface area contributed by atoms with E-state index in [9.17, 15) is 19.2 Å². The number of carbonyl (C=O) groups is 4. The zero-order valence-corrected chi connectivity index (χ0v) is 28.0. The normalized spacial score (nSPS) is 16.8. The molecular weight excluding hydrogens is 688 g/mol. The standard InChI is InChI=1S/C36H38N3O6.2Co/c1-3-29(39-35(43)44-22-25-14-8-5-9-15-25)32(40)20-26(19-27-21-37-30-17-11-10-16-28(27)30)34(42)38-31(33(41)36(2)23-45-36)18-24-12-6-4-7-13-24;;/h4-17,21,26,29,31,37H,1,3,18-20,22-23H2,2H3,(H,38,42)(H,39,43);;/q-1;;/t26-,29+,31+,36?;;/m1../s1. The smallest absolute Gasteiger partial charge is 0.407 e. The molecule has 3 aromatic carbocycles. The Labute approximate surface area is 295 Å². The first-order valence-electron chi connectivity index (χ1n) is 15.1. The van der Waals surface area contributed by atoms with Crippen molar-refractivity contribution in [2.75, 3.05) is 6.61 Å². The van der Waals surface area contributed by atoms with E-state index >= 15 is 0 Å². The van der Waals surface area contributed by atoms with E-state index in [1.807, 2.05) is 91.1 Å². The molecule has 1 aliphatic heterocycles. The minimum absolute atomic E-state index is 0. The number of hydrogen-bond donors (Lipinski definition) is 3. The number of Topliss-reactive ketones (excluding diaryl/α,β-unsaturated/α-hetero) is 2. The van der Waals surface area contributed by atoms with E-state index in [-0.39, 0.29) is 77.4 Å². The van der Waals surface area contributed by atoms with Crippen molar-refractivity contribution in [3.8, 4) is 0 Å². The monoisotopic (exact) mass is 726 g/mol. The number of carbonyl (C=O) groups excluding carboxylic acids is 4. The Bertz CT molecular complexity index is 1640. The third-order valence-electron chi connectivity index (χ3n) is 8.16. The van der Waals surface area contributed by atoms with Crippen molar-refractivity contribution in [1.29, 1.82) is 0 Å². The summed E-state index contributed by atoms with van der Waals surface area (Å²) in [4.78, 5) is 56.8. The molecule has 4 atom stereocenters. The number of amides is 2. The molecular formula is C36H38Co2N3O6-. The molecule has 0 spiro atoms. The van der Waals surface area contributed by atoms with Gasteiger partial charge in [-0.3, -0.25) is 14.4 Å². The van der Waals surface area contributed by atoms with E-state index in [2.05, 4.69) is 22.5 Å². The molecule has 2 radical (unpaired) electrons. The van der Waals surface area contributed by atoms with Crippen LogP contribution in [0.2, 0.25) is 0 Å². The fourth-order valence-electron chi connectivity index (χ4n) is 5.40. The Morgan fingerprint density at radius 3 is 2.13 bits per heavy atom. The third-order valence-corrected chi connectivity index (χ3v) is 8.16. The third kappa shape index (κ3) is 10.1. The van der Waals surface area contributed by atoms with Gasteiger partial charge in [-0.05, 0) is 42.5 Å². The van der Waals surface area contributed by atoms with Gasteiger partial charge in [0, 0.05) is 63.0 Å². The number of ether oxygens (including phenoxy) is 2. The van der Waals surface area contributed by atoms with Gasteiger partial charge in [-0.15, -0.1) is 0 Å². The van der Waals surface area contributed by atoms with Gasteiger partial charge < -0.3 is 32.0 Å². The topological polar surface area (TPSA) is 130 Å². The van der Waals surface area contributed by atoms with Gasteiger partial charge >= 0.3 is 6.09 Å². The number of epoxide rings is 1. The molecule has 0 aliphatic carbocycles. The molecule has 1 aliphatic rings. The maximum Gasteiger partial charge on any atom is 0.407 e. The predicted octanol–water partition coefficient (Wildman–Crippen LogP) is 4.89. The largest absolute Gasteiger partial charge is 0.445 e. The average Bonchev–Trinajstić information content (AvgIpc) is 3.69. The Kier molecular flexibility index (Phi) is 14.0. The summed E-state index contributed by atoms with van der Waals surface area (Å²) in [6, 6.07) is 24.6. The van der Waals surface area contributed by atoms with Crippen LogP contribution in [-0.4, -0.2) is 52.8 Å². The molecule has 0 bridgehead atoms. The molecule has 4 aromatic rings. The maximum absolute atomic E-state index is 14.0. The number of nitrogens with one attached hydrogen (secondary N) is 3. The van der Waals surface area contributed by atoms with Gasteiger partial charge in [0.25, 0.3) is 0 Å². The number of para-hydroxylation sites is 1. The van der Waals surface area contributed by atoms with Crippen molar-refractivity contribution in [3.05, 3.63) is 115 Å². The summed E-state index contributed by atoms with van der Waals surface area (Å²) >= 11 is 0. The molecule has 1 aromatic heterocycles. The fourth-order valence-corrected chi connectivity index (χ4v) is 5.40. The second kappa shape index (κ2) is 17.4. The van der Waals surface area contributed by atoms with Crippen LogP contribution in [0.1, 0.15) is 36.5 Å². The van der Waals surface area contributed by atoms with Crippen molar-refractivity contribution in [1.82, 2.24) is 15.6 Å². The fraction of sp³-hybridized carbons (Fsp3) is 0.306. The van der Waals surface area contributed by atoms with E-state index in [4.69, 9.17) is 9.47 Å². The van der Waals surface area contributed by atoms with Gasteiger partial charge in [0.05, 0.1) is 18.7 Å². The van der Waals surface area contributed by atoms with Crippen molar-refractivity contribution < 1.29 is 62.2 Å². The van der Waals surface area contributed by atoms with E-state index in [0.29, 0.717) is 6.61 Å². The molecule has 1 saturated heterocycles. The van der Waals surface area contributed by atoms with Gasteiger partial charge in [0.1, 0.15) is 12.2 Å². The molecule has 11 heteroatoms. The summed E-state index contributed by atoms with van der Waals surface area (Å²) in [7, 11) is 0. The molecule has 1 unspecified atom stereocenters. The summed E-state index contributed by atoms with van der Waals surface area (Å²) in [6.45, 7) is 5.91. The number of fused-ring (bicyclic) bond motifs is 1. The SMILES string of the molecule is [CH2-]C[C@H](NC(=O)OCc1ccccc1)C(=O)C[C@@H](Cc1c[nH]c2ccccc12)C(=O)N[C@@H](Cc1ccccc1)C(=O)C1(C)CO1.[Co].[Co]. The minimum Gasteiger partial charge on any atom is -0.445 e. The Balaban J connectivity index is 0.00000300. The predicted molar refractivity (Wildman–Crippen MR) is 170 cm³/mol. The summed E-state index contributed by atoms with van der Waals surface area (Å²) in [6.07, 6.45) is 1.51. The van der Waals surface area contributed by atoms with Crippen molar-refractivity contribution in [2.24, 2.45) is 5.92 Å². The quantitative estimate of drug-likeness (QED) is 0.118. The van der Waals surface area contributed by atoms with Crippen LogP contribution in [0.25, 0.3) is 10.9 Å². The number of hydrogen-bond acceptors (Lipinski definition) is 6. The molecule has 252 valence electrons. The Hall–Kier alpha value is -3.75. The van der Waals surface area contributed by atoms with E-state index in [1.54, 1.807) is 6.92 Å². The van der Waals surface area contributed by atoms with E-state index < -0.39 is 35.6 Å². The van der Waals surface area contributed by atoms with Crippen LogP contribution in [-0.2, 0) is 76.9 Å². The zero-order chi connectivity index (χ0) is 31.8. The van der Waals surface area contributed by atoms with Crippen molar-refractivity contribution >= 4 is 34.5 Å². The number of aromatic nitrogens is 1. The number of alkyl carbamates (subject to hydrolysis) is 1. The van der Waals surface area contributed by atoms with E-state index in [1.165, 1.54) is 0 Å². The Morgan fingerprint density at radius 1 is 0.872 bits per heavy atom. The van der Waals surface area contributed by atoms with Crippen LogP contribution in [0.3, 0.4) is 0 Å². The second-order valence-corrected chi connectivity index (χ2v) is 11.6. The summed E-state index contributed by atoms with van der Waals surface area (Å²) in [5.74, 6) is -1.83. The first kappa shape index (κ1) is 37.7. The van der Waals surface area contributed by atoms with Gasteiger partial charge in [-0.25, -0.2) is 4.79 Å². The van der Waals surface area contributed by atoms with E-state index in [0.717, 1.165) is 27.6 Å². The van der Waals surface area contributed by atoms with Crippen molar-refractivity contribution in [3.63, 3.8) is 0 Å². The van der Waals surface area contributed by atoms with Crippen LogP contribution in [0.5, 0.6) is 0 Å². The minimum atomic E-state index is -0.952. The van der Waals surface area contributed by atoms with Crippen LogP contribution in [0.15, 0.2) is 91.1 Å². The number of ketones is 2. The summed E-state index contributed by atoms with van der Waals surface area (Å²) < 4.78 is 10.7. The summed E-state index contributed by atoms with van der Waals surface area (Å²) in [5.41, 5.74) is 2.53. The molecule has 0 saturated carbocycles. The van der Waals surface area contributed by atoms with Crippen LogP contribution >= 0.6 is 0 Å². The van der Waals surface area contributed by atoms with Crippen LogP contribution in [0.4, 0.5) is 4.79 Å². The average molecular weight is 727 g/mol. The Morgan fingerprint density at radius 2 is 1.49 bits per heavy atom. The molecule has 3 N–H and O–H groups in total. The number of rotatable bonds is 15. The second-order valence-electron chi connectivity index (χ2n) is 11.6. The first-order valence-corrected chi connectivity index (χ1v) is 15.1. The van der Waals surface area contributed by atoms with Gasteiger partial charge in [-0.2, -0.15) is 6.42 Å². The molecule has 1 fully saturated rings. The molecule has 9 nitrogen and oxygen atoms in total. The number of H-pyrrole nitrogens is 1. The molecule has 47 heavy (non-hydrogen) atoms. The van der Waals surface area contributed by atoms with Crippen LogP contribution < -0.4 is 10.6 Å². The zero-order valence-electron chi connectivity index (χ0n) is 26.0. The van der Waals surface area contributed by atoms with Crippen molar-refractivity contribution in [2.45, 2.75) is 56.9 Å².